The Kier molecular flexibility index (Phi) is 19.3. The molecule has 0 saturated carbocycles. The van der Waals surface area contributed by atoms with Gasteiger partial charge in [0.05, 0.1) is 0 Å². The summed E-state index contributed by atoms with van der Waals surface area (Å²) >= 11 is 0. The third-order valence-corrected chi connectivity index (χ3v) is 5.51. The molecular weight excluding hydrogens is 290 g/mol. The van der Waals surface area contributed by atoms with Gasteiger partial charge in [0, 0.05) is 6.04 Å². The van der Waals surface area contributed by atoms with Crippen LogP contribution in [-0.4, -0.2) is 25.0 Å². The van der Waals surface area contributed by atoms with Gasteiger partial charge in [-0.25, -0.2) is 0 Å². The summed E-state index contributed by atoms with van der Waals surface area (Å²) in [5.41, 5.74) is 0. The van der Waals surface area contributed by atoms with Gasteiger partial charge >= 0.3 is 0 Å². The predicted octanol–water partition coefficient (Wildman–Crippen LogP) is 7.98. The van der Waals surface area contributed by atoms with E-state index in [4.69, 9.17) is 0 Å². The van der Waals surface area contributed by atoms with E-state index in [9.17, 15) is 0 Å². The Morgan fingerprint density at radius 1 is 0.458 bits per heavy atom. The highest BCUT2D eigenvalue weighted by molar-refractivity contribution is 4.66. The predicted molar refractivity (Wildman–Crippen MR) is 112 cm³/mol. The minimum absolute atomic E-state index is 0.824. The minimum Gasteiger partial charge on any atom is -0.306 e. The molecule has 0 aliphatic heterocycles. The van der Waals surface area contributed by atoms with Gasteiger partial charge < -0.3 is 4.90 Å². The van der Waals surface area contributed by atoms with Crippen LogP contribution in [0.15, 0.2) is 0 Å². The van der Waals surface area contributed by atoms with Crippen molar-refractivity contribution < 1.29 is 0 Å². The lowest BCUT2D eigenvalue weighted by Crippen LogP contribution is -2.27. The number of nitrogens with zero attached hydrogens (tertiary/aromatic N) is 1. The highest BCUT2D eigenvalue weighted by Gasteiger charge is 2.10. The Labute approximate surface area is 155 Å². The van der Waals surface area contributed by atoms with Gasteiger partial charge in [-0.05, 0) is 26.9 Å². The Balaban J connectivity index is 3.47. The van der Waals surface area contributed by atoms with E-state index in [0.717, 1.165) is 6.04 Å². The molecule has 0 unspecified atom stereocenters. The van der Waals surface area contributed by atoms with Crippen LogP contribution in [0.1, 0.15) is 129 Å². The molecule has 0 aromatic rings. The van der Waals surface area contributed by atoms with E-state index >= 15 is 0 Å². The number of unbranched alkanes of at least 4 members (excludes halogenated alkanes) is 14. The van der Waals surface area contributed by atoms with E-state index in [-0.39, 0.29) is 0 Å². The summed E-state index contributed by atoms with van der Waals surface area (Å²) in [6.07, 6.45) is 25.9. The smallest absolute Gasteiger partial charge is 0.00891 e. The van der Waals surface area contributed by atoms with Crippen molar-refractivity contribution in [1.29, 1.82) is 0 Å². The van der Waals surface area contributed by atoms with Crippen molar-refractivity contribution in [3.8, 4) is 0 Å². The zero-order chi connectivity index (χ0) is 17.9. The fourth-order valence-electron chi connectivity index (χ4n) is 3.69. The Hall–Kier alpha value is -0.0400. The second-order valence-electron chi connectivity index (χ2n) is 8.14. The highest BCUT2D eigenvalue weighted by atomic mass is 15.1. The molecule has 0 fully saturated rings. The third kappa shape index (κ3) is 16.8. The van der Waals surface area contributed by atoms with Gasteiger partial charge in [-0.2, -0.15) is 0 Å². The zero-order valence-electron chi connectivity index (χ0n) is 17.8. The monoisotopic (exact) mass is 339 g/mol. The fraction of sp³-hybridized carbons (Fsp3) is 1.00. The van der Waals surface area contributed by atoms with Gasteiger partial charge in [-0.15, -0.1) is 0 Å². The van der Waals surface area contributed by atoms with Crippen molar-refractivity contribution in [3.05, 3.63) is 0 Å². The first-order valence-electron chi connectivity index (χ1n) is 11.4. The van der Waals surface area contributed by atoms with Crippen LogP contribution in [0.3, 0.4) is 0 Å². The van der Waals surface area contributed by atoms with Crippen LogP contribution in [0.25, 0.3) is 0 Å². The average molecular weight is 340 g/mol. The Morgan fingerprint density at radius 2 is 0.750 bits per heavy atom. The molecule has 0 heterocycles. The molecule has 0 aromatic heterocycles. The van der Waals surface area contributed by atoms with Gasteiger partial charge in [0.15, 0.2) is 0 Å². The van der Waals surface area contributed by atoms with Gasteiger partial charge in [0.25, 0.3) is 0 Å². The largest absolute Gasteiger partial charge is 0.306 e. The lowest BCUT2D eigenvalue weighted by atomic mass is 9.99. The molecule has 0 spiro atoms. The second-order valence-corrected chi connectivity index (χ2v) is 8.14. The summed E-state index contributed by atoms with van der Waals surface area (Å²) in [4.78, 5) is 2.47. The van der Waals surface area contributed by atoms with Crippen LogP contribution in [0.5, 0.6) is 0 Å². The van der Waals surface area contributed by atoms with E-state index in [1.165, 1.54) is 116 Å². The van der Waals surface area contributed by atoms with Crippen LogP contribution >= 0.6 is 0 Å². The molecule has 24 heavy (non-hydrogen) atoms. The van der Waals surface area contributed by atoms with E-state index in [1.807, 2.05) is 0 Å². The maximum Gasteiger partial charge on any atom is 0.00891 e. The summed E-state index contributed by atoms with van der Waals surface area (Å²) in [6, 6.07) is 0.824. The maximum atomic E-state index is 2.47. The van der Waals surface area contributed by atoms with Crippen LogP contribution in [0.2, 0.25) is 0 Å². The van der Waals surface area contributed by atoms with Crippen molar-refractivity contribution in [2.45, 2.75) is 135 Å². The molecule has 0 aliphatic carbocycles. The molecule has 0 bridgehead atoms. The molecule has 0 saturated heterocycles. The van der Waals surface area contributed by atoms with Gasteiger partial charge in [-0.1, -0.05) is 117 Å². The number of rotatable bonds is 19. The molecule has 0 aliphatic rings. The van der Waals surface area contributed by atoms with Crippen molar-refractivity contribution in [2.75, 3.05) is 14.1 Å². The highest BCUT2D eigenvalue weighted by Crippen LogP contribution is 2.17. The standard InChI is InChI=1S/C23H49N/c1-5-7-9-11-13-15-17-19-21-23(24(3)4)22-20-18-16-14-12-10-8-6-2/h23H,5-22H2,1-4H3. The summed E-state index contributed by atoms with van der Waals surface area (Å²) in [5, 5.41) is 0. The Bertz CT molecular complexity index is 204. The lowest BCUT2D eigenvalue weighted by molar-refractivity contribution is 0.251. The molecular formula is C23H49N. The topological polar surface area (TPSA) is 3.24 Å². The average Bonchev–Trinajstić information content (AvgIpc) is 2.57. The van der Waals surface area contributed by atoms with E-state index in [1.54, 1.807) is 0 Å². The SMILES string of the molecule is CCCCCCCCCCC(CCCCCCCCCC)N(C)C. The lowest BCUT2D eigenvalue weighted by Gasteiger charge is -2.24. The minimum atomic E-state index is 0.824. The quantitative estimate of drug-likeness (QED) is 0.216. The molecule has 1 heteroatoms. The van der Waals surface area contributed by atoms with Gasteiger partial charge in [0.1, 0.15) is 0 Å². The summed E-state index contributed by atoms with van der Waals surface area (Å²) in [6.45, 7) is 4.60. The summed E-state index contributed by atoms with van der Waals surface area (Å²) in [5.74, 6) is 0. The molecule has 1 nitrogen and oxygen atoms in total. The fourth-order valence-corrected chi connectivity index (χ4v) is 3.69. The van der Waals surface area contributed by atoms with E-state index in [0.29, 0.717) is 0 Å². The first-order valence-corrected chi connectivity index (χ1v) is 11.4. The van der Waals surface area contributed by atoms with Crippen LogP contribution in [0, 0.1) is 0 Å². The van der Waals surface area contributed by atoms with E-state index in [2.05, 4.69) is 32.8 Å². The molecule has 0 radical (unpaired) electrons. The molecule has 0 rings (SSSR count). The third-order valence-electron chi connectivity index (χ3n) is 5.51. The van der Waals surface area contributed by atoms with Crippen LogP contribution < -0.4 is 0 Å². The normalized spacial score (nSPS) is 11.8. The summed E-state index contributed by atoms with van der Waals surface area (Å²) in [7, 11) is 4.56. The van der Waals surface area contributed by atoms with Crippen molar-refractivity contribution >= 4 is 0 Å². The number of hydrogen-bond acceptors (Lipinski definition) is 1. The summed E-state index contributed by atoms with van der Waals surface area (Å²) < 4.78 is 0. The van der Waals surface area contributed by atoms with Gasteiger partial charge in [0.2, 0.25) is 0 Å². The molecule has 0 N–H and O–H groups in total. The number of hydrogen-bond donors (Lipinski definition) is 0. The van der Waals surface area contributed by atoms with Gasteiger partial charge in [-0.3, -0.25) is 0 Å². The first kappa shape index (κ1) is 24.0. The van der Waals surface area contributed by atoms with Crippen molar-refractivity contribution in [3.63, 3.8) is 0 Å². The maximum absolute atomic E-state index is 2.47. The van der Waals surface area contributed by atoms with Crippen molar-refractivity contribution in [1.82, 2.24) is 4.90 Å². The molecule has 146 valence electrons. The van der Waals surface area contributed by atoms with Crippen molar-refractivity contribution in [2.24, 2.45) is 0 Å². The van der Waals surface area contributed by atoms with Crippen LogP contribution in [-0.2, 0) is 0 Å². The molecule has 0 amide bonds. The van der Waals surface area contributed by atoms with Crippen LogP contribution in [0.4, 0.5) is 0 Å². The zero-order valence-corrected chi connectivity index (χ0v) is 17.8. The first-order chi connectivity index (χ1) is 11.7. The molecule has 0 atom stereocenters. The Morgan fingerprint density at radius 3 is 1.04 bits per heavy atom. The molecule has 0 aromatic carbocycles. The second kappa shape index (κ2) is 19.3. The van der Waals surface area contributed by atoms with E-state index < -0.39 is 0 Å².